The average Bonchev–Trinajstić information content (AvgIpc) is 2.74. The van der Waals surface area contributed by atoms with E-state index in [0.29, 0.717) is 0 Å². The molecule has 0 N–H and O–H groups in total. The van der Waals surface area contributed by atoms with Crippen molar-refractivity contribution < 1.29 is 4.42 Å². The van der Waals surface area contributed by atoms with Crippen molar-refractivity contribution in [3.05, 3.63) is 59.0 Å². The molecule has 1 atom stereocenters. The van der Waals surface area contributed by atoms with Crippen LogP contribution in [-0.4, -0.2) is 0 Å². The smallest absolute Gasteiger partial charge is 0.121 e. The largest absolute Gasteiger partial charge is 0.468 e. The summed E-state index contributed by atoms with van der Waals surface area (Å²) < 4.78 is 5.40. The zero-order chi connectivity index (χ0) is 10.8. The highest BCUT2D eigenvalue weighted by Gasteiger charge is 2.14. The molecule has 0 spiro atoms. The molecular weight excluding hydrogens is 252 g/mol. The molecule has 0 amide bonds. The first-order chi connectivity index (χ1) is 7.18. The lowest BCUT2D eigenvalue weighted by atomic mass is 10.0. The number of hydrogen-bond donors (Lipinski definition) is 0. The standard InChI is InChI=1S/C13H13BrO/c1-9-5-6-10(2)11(8-9)13(14)12-4-3-7-15-12/h3-8,13H,1-2H3. The molecule has 1 aromatic carbocycles. The number of aryl methyl sites for hydroxylation is 2. The maximum absolute atomic E-state index is 5.40. The molecule has 2 rings (SSSR count). The Morgan fingerprint density at radius 3 is 2.67 bits per heavy atom. The number of rotatable bonds is 2. The van der Waals surface area contributed by atoms with E-state index in [1.165, 1.54) is 16.7 Å². The van der Waals surface area contributed by atoms with Gasteiger partial charge in [0, 0.05) is 0 Å². The zero-order valence-corrected chi connectivity index (χ0v) is 10.4. The quantitative estimate of drug-likeness (QED) is 0.734. The van der Waals surface area contributed by atoms with Crippen LogP contribution in [0, 0.1) is 13.8 Å². The van der Waals surface area contributed by atoms with Crippen LogP contribution in [0.15, 0.2) is 41.0 Å². The normalized spacial score (nSPS) is 12.7. The predicted octanol–water partition coefficient (Wildman–Crippen LogP) is 4.38. The molecule has 0 fully saturated rings. The van der Waals surface area contributed by atoms with E-state index in [4.69, 9.17) is 4.42 Å². The number of furan rings is 1. The van der Waals surface area contributed by atoms with Crippen LogP contribution < -0.4 is 0 Å². The van der Waals surface area contributed by atoms with Crippen LogP contribution in [0.4, 0.5) is 0 Å². The summed E-state index contributed by atoms with van der Waals surface area (Å²) in [4.78, 5) is 0.146. The molecule has 0 aliphatic rings. The SMILES string of the molecule is Cc1ccc(C)c(C(Br)c2ccco2)c1. The maximum atomic E-state index is 5.40. The van der Waals surface area contributed by atoms with Crippen molar-refractivity contribution in [2.24, 2.45) is 0 Å². The first kappa shape index (κ1) is 10.5. The van der Waals surface area contributed by atoms with E-state index in [0.717, 1.165) is 5.76 Å². The summed E-state index contributed by atoms with van der Waals surface area (Å²) in [6.45, 7) is 4.22. The van der Waals surface area contributed by atoms with Gasteiger partial charge in [-0.3, -0.25) is 0 Å². The fourth-order valence-electron chi connectivity index (χ4n) is 1.62. The Kier molecular flexibility index (Phi) is 2.96. The van der Waals surface area contributed by atoms with Crippen molar-refractivity contribution in [1.82, 2.24) is 0 Å². The van der Waals surface area contributed by atoms with E-state index in [2.05, 4.69) is 48.0 Å². The molecular formula is C13H13BrO. The molecule has 0 radical (unpaired) electrons. The summed E-state index contributed by atoms with van der Waals surface area (Å²) >= 11 is 3.66. The molecule has 0 saturated heterocycles. The van der Waals surface area contributed by atoms with Crippen molar-refractivity contribution in [3.8, 4) is 0 Å². The maximum Gasteiger partial charge on any atom is 0.121 e. The molecule has 2 aromatic rings. The molecule has 1 unspecified atom stereocenters. The van der Waals surface area contributed by atoms with E-state index < -0.39 is 0 Å². The van der Waals surface area contributed by atoms with Gasteiger partial charge in [0.1, 0.15) is 5.76 Å². The molecule has 0 bridgehead atoms. The second kappa shape index (κ2) is 4.23. The summed E-state index contributed by atoms with van der Waals surface area (Å²) in [6.07, 6.45) is 1.70. The van der Waals surface area contributed by atoms with E-state index in [1.807, 2.05) is 12.1 Å². The highest BCUT2D eigenvalue weighted by atomic mass is 79.9. The highest BCUT2D eigenvalue weighted by Crippen LogP contribution is 2.33. The van der Waals surface area contributed by atoms with Crippen LogP contribution in [0.25, 0.3) is 0 Å². The van der Waals surface area contributed by atoms with E-state index in [1.54, 1.807) is 6.26 Å². The second-order valence-corrected chi connectivity index (χ2v) is 4.65. The van der Waals surface area contributed by atoms with E-state index in [9.17, 15) is 0 Å². The summed E-state index contributed by atoms with van der Waals surface area (Å²) in [5, 5.41) is 0. The van der Waals surface area contributed by atoms with Gasteiger partial charge in [-0.25, -0.2) is 0 Å². The molecule has 0 aliphatic heterocycles. The number of benzene rings is 1. The molecule has 0 aliphatic carbocycles. The van der Waals surface area contributed by atoms with E-state index in [-0.39, 0.29) is 4.83 Å². The Morgan fingerprint density at radius 1 is 1.20 bits per heavy atom. The third-order valence-electron chi connectivity index (χ3n) is 2.50. The summed E-state index contributed by atoms with van der Waals surface area (Å²) in [5.74, 6) is 0.948. The van der Waals surface area contributed by atoms with Crippen molar-refractivity contribution in [1.29, 1.82) is 0 Å². The summed E-state index contributed by atoms with van der Waals surface area (Å²) in [5.41, 5.74) is 3.82. The number of halogens is 1. The minimum Gasteiger partial charge on any atom is -0.468 e. The summed E-state index contributed by atoms with van der Waals surface area (Å²) in [6, 6.07) is 10.4. The Balaban J connectivity index is 2.41. The monoisotopic (exact) mass is 264 g/mol. The lowest BCUT2D eigenvalue weighted by Crippen LogP contribution is -1.94. The van der Waals surface area contributed by atoms with Crippen LogP contribution in [0.5, 0.6) is 0 Å². The van der Waals surface area contributed by atoms with Crippen LogP contribution >= 0.6 is 15.9 Å². The molecule has 78 valence electrons. The van der Waals surface area contributed by atoms with Gasteiger partial charge in [-0.1, -0.05) is 39.7 Å². The first-order valence-electron chi connectivity index (χ1n) is 4.93. The lowest BCUT2D eigenvalue weighted by Gasteiger charge is -2.11. The van der Waals surface area contributed by atoms with Crippen molar-refractivity contribution in [2.45, 2.75) is 18.7 Å². The van der Waals surface area contributed by atoms with E-state index >= 15 is 0 Å². The molecule has 1 aromatic heterocycles. The Morgan fingerprint density at radius 2 is 2.00 bits per heavy atom. The minimum absolute atomic E-state index is 0.146. The average molecular weight is 265 g/mol. The fourth-order valence-corrected chi connectivity index (χ4v) is 2.38. The third kappa shape index (κ3) is 2.15. The third-order valence-corrected chi connectivity index (χ3v) is 3.45. The zero-order valence-electron chi connectivity index (χ0n) is 8.83. The molecule has 2 heteroatoms. The summed E-state index contributed by atoms with van der Waals surface area (Å²) in [7, 11) is 0. The topological polar surface area (TPSA) is 13.1 Å². The van der Waals surface area contributed by atoms with Gasteiger partial charge in [0.25, 0.3) is 0 Å². The number of alkyl halides is 1. The highest BCUT2D eigenvalue weighted by molar-refractivity contribution is 9.09. The van der Waals surface area contributed by atoms with Gasteiger partial charge in [0.15, 0.2) is 0 Å². The molecule has 1 heterocycles. The first-order valence-corrected chi connectivity index (χ1v) is 5.84. The molecule has 0 saturated carbocycles. The Bertz CT molecular complexity index is 446. The Labute approximate surface area is 98.2 Å². The van der Waals surface area contributed by atoms with Gasteiger partial charge in [-0.2, -0.15) is 0 Å². The lowest BCUT2D eigenvalue weighted by molar-refractivity contribution is 0.519. The predicted molar refractivity (Wildman–Crippen MR) is 65.4 cm³/mol. The van der Waals surface area contributed by atoms with Crippen LogP contribution in [0.2, 0.25) is 0 Å². The van der Waals surface area contributed by atoms with Gasteiger partial charge >= 0.3 is 0 Å². The van der Waals surface area contributed by atoms with Crippen LogP contribution in [-0.2, 0) is 0 Å². The van der Waals surface area contributed by atoms with Gasteiger partial charge in [0.2, 0.25) is 0 Å². The Hall–Kier alpha value is -1.02. The van der Waals surface area contributed by atoms with Crippen molar-refractivity contribution in [3.63, 3.8) is 0 Å². The fraction of sp³-hybridized carbons (Fsp3) is 0.231. The van der Waals surface area contributed by atoms with Crippen LogP contribution in [0.1, 0.15) is 27.3 Å². The van der Waals surface area contributed by atoms with Crippen molar-refractivity contribution in [2.75, 3.05) is 0 Å². The second-order valence-electron chi connectivity index (χ2n) is 3.74. The van der Waals surface area contributed by atoms with Gasteiger partial charge in [-0.05, 0) is 37.1 Å². The van der Waals surface area contributed by atoms with Crippen molar-refractivity contribution >= 4 is 15.9 Å². The van der Waals surface area contributed by atoms with Gasteiger partial charge < -0.3 is 4.42 Å². The molecule has 1 nitrogen and oxygen atoms in total. The van der Waals surface area contributed by atoms with Crippen LogP contribution in [0.3, 0.4) is 0 Å². The van der Waals surface area contributed by atoms with Gasteiger partial charge in [-0.15, -0.1) is 0 Å². The van der Waals surface area contributed by atoms with Gasteiger partial charge in [0.05, 0.1) is 11.1 Å². The number of hydrogen-bond acceptors (Lipinski definition) is 1. The molecule has 15 heavy (non-hydrogen) atoms. The minimum atomic E-state index is 0.146.